The van der Waals surface area contributed by atoms with E-state index in [4.69, 9.17) is 24.1 Å². The third-order valence-corrected chi connectivity index (χ3v) is 5.64. The van der Waals surface area contributed by atoms with Crippen molar-refractivity contribution in [2.45, 2.75) is 32.7 Å². The molecule has 0 aliphatic heterocycles. The normalized spacial score (nSPS) is 12.1. The molecule has 0 bridgehead atoms. The fourth-order valence-corrected chi connectivity index (χ4v) is 3.85. The lowest BCUT2D eigenvalue weighted by atomic mass is 10.1. The molecule has 1 N–H and O–H groups in total. The lowest BCUT2D eigenvalue weighted by molar-refractivity contribution is -0.154. The van der Waals surface area contributed by atoms with Crippen molar-refractivity contribution >= 4 is 22.7 Å². The third-order valence-electron chi connectivity index (χ3n) is 5.64. The van der Waals surface area contributed by atoms with Crippen LogP contribution in [0.5, 0.6) is 0 Å². The Bertz CT molecular complexity index is 1290. The first-order valence-corrected chi connectivity index (χ1v) is 12.6. The van der Waals surface area contributed by atoms with Crippen molar-refractivity contribution in [3.8, 4) is 0 Å². The van der Waals surface area contributed by atoms with Crippen LogP contribution >= 0.6 is 0 Å². The van der Waals surface area contributed by atoms with Crippen LogP contribution in [0, 0.1) is 0 Å². The van der Waals surface area contributed by atoms with E-state index >= 15 is 0 Å². The molecule has 4 aromatic rings. The van der Waals surface area contributed by atoms with Gasteiger partial charge in [0, 0.05) is 13.8 Å². The monoisotopic (exact) mass is 530 g/mol. The van der Waals surface area contributed by atoms with E-state index in [1.54, 1.807) is 0 Å². The minimum Gasteiger partial charge on any atom is -0.455 e. The molecule has 0 aliphatic carbocycles. The summed E-state index contributed by atoms with van der Waals surface area (Å²) in [6.07, 6.45) is -0.975. The van der Waals surface area contributed by atoms with Gasteiger partial charge in [0.2, 0.25) is 0 Å². The van der Waals surface area contributed by atoms with Gasteiger partial charge in [-0.15, -0.1) is 0 Å². The Balaban J connectivity index is 0.000000272. The molecule has 4 aromatic carbocycles. The van der Waals surface area contributed by atoms with Crippen molar-refractivity contribution in [3.63, 3.8) is 0 Å². The second kappa shape index (κ2) is 16.0. The molecule has 7 nitrogen and oxygen atoms in total. The van der Waals surface area contributed by atoms with Crippen molar-refractivity contribution in [1.82, 2.24) is 0 Å². The number of ether oxygens (including phenoxy) is 4. The first kappa shape index (κ1) is 29.5. The third kappa shape index (κ3) is 10.3. The van der Waals surface area contributed by atoms with Crippen molar-refractivity contribution < 1.29 is 33.6 Å². The van der Waals surface area contributed by atoms with E-state index < -0.39 is 12.2 Å². The van der Waals surface area contributed by atoms with Gasteiger partial charge in [-0.25, -0.2) is 0 Å². The van der Waals surface area contributed by atoms with Crippen LogP contribution in [-0.2, 0) is 35.1 Å². The minimum atomic E-state index is -0.543. The molecular formula is C32H34O7. The molecular weight excluding hydrogens is 496 g/mol. The molecule has 0 aliphatic rings. The Morgan fingerprint density at radius 3 is 1.79 bits per heavy atom. The van der Waals surface area contributed by atoms with Crippen LogP contribution < -0.4 is 0 Å². The van der Waals surface area contributed by atoms with Gasteiger partial charge in [0.05, 0.1) is 19.8 Å². The second-order valence-electron chi connectivity index (χ2n) is 8.72. The van der Waals surface area contributed by atoms with Gasteiger partial charge >= 0.3 is 11.9 Å². The van der Waals surface area contributed by atoms with Crippen molar-refractivity contribution in [2.75, 3.05) is 20.0 Å². The van der Waals surface area contributed by atoms with Crippen LogP contribution in [0.3, 0.4) is 0 Å². The zero-order chi connectivity index (χ0) is 27.9. The van der Waals surface area contributed by atoms with Crippen LogP contribution in [0.15, 0.2) is 103 Å². The van der Waals surface area contributed by atoms with Gasteiger partial charge in [0.15, 0.2) is 6.10 Å². The van der Waals surface area contributed by atoms with Gasteiger partial charge in [-0.3, -0.25) is 9.59 Å². The Kier molecular flexibility index (Phi) is 12.1. The molecule has 2 atom stereocenters. The van der Waals surface area contributed by atoms with Crippen molar-refractivity contribution in [1.29, 1.82) is 0 Å². The van der Waals surface area contributed by atoms with E-state index in [2.05, 4.69) is 24.3 Å². The molecule has 204 valence electrons. The van der Waals surface area contributed by atoms with Gasteiger partial charge in [-0.2, -0.15) is 0 Å². The number of benzene rings is 4. The van der Waals surface area contributed by atoms with Crippen LogP contribution in [0.25, 0.3) is 10.8 Å². The number of hydrogen-bond donors (Lipinski definition) is 1. The van der Waals surface area contributed by atoms with Crippen LogP contribution in [0.2, 0.25) is 0 Å². The Morgan fingerprint density at radius 2 is 1.21 bits per heavy atom. The zero-order valence-electron chi connectivity index (χ0n) is 22.2. The van der Waals surface area contributed by atoms with Gasteiger partial charge in [0.1, 0.15) is 12.9 Å². The lowest BCUT2D eigenvalue weighted by Gasteiger charge is -2.17. The van der Waals surface area contributed by atoms with E-state index in [0.717, 1.165) is 16.7 Å². The van der Waals surface area contributed by atoms with E-state index in [9.17, 15) is 9.59 Å². The molecule has 0 amide bonds. The summed E-state index contributed by atoms with van der Waals surface area (Å²) in [5.41, 5.74) is 2.80. The predicted octanol–water partition coefficient (Wildman–Crippen LogP) is 5.92. The molecule has 0 saturated heterocycles. The van der Waals surface area contributed by atoms with Crippen molar-refractivity contribution in [2.24, 2.45) is 0 Å². The largest absolute Gasteiger partial charge is 0.455 e. The molecule has 4 rings (SSSR count). The second-order valence-corrected chi connectivity index (χ2v) is 8.72. The van der Waals surface area contributed by atoms with E-state index in [1.807, 2.05) is 78.9 Å². The van der Waals surface area contributed by atoms with Gasteiger partial charge in [-0.1, -0.05) is 97.1 Å². The maximum atomic E-state index is 11.3. The molecule has 7 heteroatoms. The first-order chi connectivity index (χ1) is 19.0. The highest BCUT2D eigenvalue weighted by Crippen LogP contribution is 2.19. The summed E-state index contributed by atoms with van der Waals surface area (Å²) in [5.74, 6) is -0.720. The number of carbonyl (C=O) groups is 2. The standard InChI is InChI=1S/C22H22O4.C10H12O3/c1-17(23)26-22(20-8-3-2-4-9-20)15-25-16-24-14-18-11-12-19-7-5-6-10-21(19)13-18;1-8(12)13-10(7-11)9-5-3-2-4-6-9/h2-13,22H,14-16H2,1H3;2-6,10-11H,7H2,1H3. The SMILES string of the molecule is CC(=O)OC(CO)c1ccccc1.CC(=O)OC(COCOCc1ccc2ccccc2c1)c1ccccc1. The quantitative estimate of drug-likeness (QED) is 0.146. The topological polar surface area (TPSA) is 91.3 Å². The number of esters is 2. The van der Waals surface area contributed by atoms with Crippen LogP contribution in [0.4, 0.5) is 0 Å². The maximum Gasteiger partial charge on any atom is 0.303 e. The van der Waals surface area contributed by atoms with E-state index in [-0.39, 0.29) is 31.9 Å². The lowest BCUT2D eigenvalue weighted by Crippen LogP contribution is -2.16. The number of aliphatic hydroxyl groups excluding tert-OH is 1. The fourth-order valence-electron chi connectivity index (χ4n) is 3.85. The summed E-state index contributed by atoms with van der Waals surface area (Å²) in [5, 5.41) is 11.3. The first-order valence-electron chi connectivity index (χ1n) is 12.6. The number of aliphatic hydroxyl groups is 1. The highest BCUT2D eigenvalue weighted by atomic mass is 16.7. The summed E-state index contributed by atoms with van der Waals surface area (Å²) < 4.78 is 21.4. The summed E-state index contributed by atoms with van der Waals surface area (Å²) in [4.78, 5) is 22.0. The Hall–Kier alpha value is -4.04. The Morgan fingerprint density at radius 1 is 0.667 bits per heavy atom. The highest BCUT2D eigenvalue weighted by molar-refractivity contribution is 5.82. The molecule has 0 saturated carbocycles. The average molecular weight is 531 g/mol. The average Bonchev–Trinajstić information content (AvgIpc) is 2.96. The Labute approximate surface area is 228 Å². The number of carbonyl (C=O) groups excluding carboxylic acids is 2. The van der Waals surface area contributed by atoms with Crippen molar-refractivity contribution in [3.05, 3.63) is 120 Å². The van der Waals surface area contributed by atoms with Gasteiger partial charge in [0.25, 0.3) is 0 Å². The molecule has 0 fully saturated rings. The fraction of sp³-hybridized carbons (Fsp3) is 0.250. The highest BCUT2D eigenvalue weighted by Gasteiger charge is 2.15. The predicted molar refractivity (Wildman–Crippen MR) is 149 cm³/mol. The summed E-state index contributed by atoms with van der Waals surface area (Å²) >= 11 is 0. The smallest absolute Gasteiger partial charge is 0.303 e. The minimum absolute atomic E-state index is 0.136. The summed E-state index contributed by atoms with van der Waals surface area (Å²) in [6.45, 7) is 3.38. The molecule has 0 spiro atoms. The van der Waals surface area contributed by atoms with Gasteiger partial charge in [-0.05, 0) is 33.5 Å². The number of fused-ring (bicyclic) bond motifs is 1. The number of hydrogen-bond acceptors (Lipinski definition) is 7. The van der Waals surface area contributed by atoms with Gasteiger partial charge < -0.3 is 24.1 Å². The molecule has 0 heterocycles. The molecule has 2 unspecified atom stereocenters. The molecule has 0 radical (unpaired) electrons. The molecule has 0 aromatic heterocycles. The van der Waals surface area contributed by atoms with Crippen LogP contribution in [0.1, 0.15) is 42.7 Å². The summed E-state index contributed by atoms with van der Waals surface area (Å²) in [7, 11) is 0. The maximum absolute atomic E-state index is 11.3. The van der Waals surface area contributed by atoms with E-state index in [1.165, 1.54) is 24.6 Å². The van der Waals surface area contributed by atoms with Crippen LogP contribution in [-0.4, -0.2) is 37.1 Å². The number of rotatable bonds is 11. The van der Waals surface area contributed by atoms with E-state index in [0.29, 0.717) is 6.61 Å². The molecule has 39 heavy (non-hydrogen) atoms. The zero-order valence-corrected chi connectivity index (χ0v) is 22.2. The summed E-state index contributed by atoms with van der Waals surface area (Å²) in [6, 6.07) is 33.2.